The van der Waals surface area contributed by atoms with Crippen molar-refractivity contribution in [3.63, 3.8) is 0 Å². The van der Waals surface area contributed by atoms with Crippen LogP contribution in [-0.2, 0) is 14.3 Å². The van der Waals surface area contributed by atoms with E-state index in [0.29, 0.717) is 10.6 Å². The molecule has 16 heavy (non-hydrogen) atoms. The Kier molecular flexibility index (Phi) is 2.68. The van der Waals surface area contributed by atoms with E-state index < -0.39 is 18.0 Å². The second-order valence-corrected chi connectivity index (χ2v) is 3.35. The van der Waals surface area contributed by atoms with E-state index in [1.54, 1.807) is 24.3 Å². The maximum atomic E-state index is 11.5. The summed E-state index contributed by atoms with van der Waals surface area (Å²) in [6, 6.07) is 6.96. The van der Waals surface area contributed by atoms with Gasteiger partial charge in [-0.25, -0.2) is 4.99 Å². The number of rotatable bonds is 2. The standard InChI is InChI=1S/C11H9NO4/c13-10(14)5-9-11(15)12-8-4-2-1-3-7(8)6-16-9/h1-4,6,9H,5H2,(H,13,14). The molecule has 0 fully saturated rings. The van der Waals surface area contributed by atoms with Gasteiger partial charge < -0.3 is 9.84 Å². The first-order valence-corrected chi connectivity index (χ1v) is 4.72. The summed E-state index contributed by atoms with van der Waals surface area (Å²) in [5.74, 6) is -1.66. The Labute approximate surface area is 90.7 Å². The molecule has 0 radical (unpaired) electrons. The Balaban J connectivity index is 2.41. The van der Waals surface area contributed by atoms with Crippen LogP contribution in [0, 0.1) is 0 Å². The topological polar surface area (TPSA) is 76.0 Å². The van der Waals surface area contributed by atoms with Gasteiger partial charge in [0.2, 0.25) is 0 Å². The fourth-order valence-corrected chi connectivity index (χ4v) is 1.39. The lowest BCUT2D eigenvalue weighted by Crippen LogP contribution is -2.25. The predicted molar refractivity (Wildman–Crippen MR) is 53.8 cm³/mol. The number of carbonyl (C=O) groups is 2. The minimum atomic E-state index is -1.09. The average molecular weight is 219 g/mol. The van der Waals surface area contributed by atoms with Crippen molar-refractivity contribution in [3.8, 4) is 0 Å². The molecular formula is C11H9NO4. The number of hydrogen-bond donors (Lipinski definition) is 1. The highest BCUT2D eigenvalue weighted by molar-refractivity contribution is 5.86. The van der Waals surface area contributed by atoms with Gasteiger partial charge in [-0.15, -0.1) is 0 Å². The first-order chi connectivity index (χ1) is 7.66. The van der Waals surface area contributed by atoms with Gasteiger partial charge in [-0.05, 0) is 12.1 Å². The van der Waals surface area contributed by atoms with Gasteiger partial charge >= 0.3 is 5.97 Å². The van der Waals surface area contributed by atoms with E-state index in [1.165, 1.54) is 6.26 Å². The molecule has 0 bridgehead atoms. The van der Waals surface area contributed by atoms with Crippen LogP contribution in [0.1, 0.15) is 6.42 Å². The summed E-state index contributed by atoms with van der Waals surface area (Å²) in [5, 5.41) is 9.78. The summed E-state index contributed by atoms with van der Waals surface area (Å²) in [5.41, 5.74) is 0. The van der Waals surface area contributed by atoms with Gasteiger partial charge in [0.1, 0.15) is 0 Å². The minimum absolute atomic E-state index is 0.382. The molecule has 2 rings (SSSR count). The lowest BCUT2D eigenvalue weighted by atomic mass is 10.2. The van der Waals surface area contributed by atoms with Crippen molar-refractivity contribution in [3.05, 3.63) is 34.8 Å². The highest BCUT2D eigenvalue weighted by Gasteiger charge is 2.23. The summed E-state index contributed by atoms with van der Waals surface area (Å²) in [7, 11) is 0. The molecule has 0 spiro atoms. The molecule has 0 aromatic heterocycles. The lowest BCUT2D eigenvalue weighted by molar-refractivity contribution is -0.142. The third kappa shape index (κ3) is 2.08. The van der Waals surface area contributed by atoms with Crippen molar-refractivity contribution in [2.24, 2.45) is 4.99 Å². The Hall–Kier alpha value is -2.17. The molecule has 82 valence electrons. The van der Waals surface area contributed by atoms with Crippen molar-refractivity contribution in [2.45, 2.75) is 12.5 Å². The fourth-order valence-electron chi connectivity index (χ4n) is 1.39. The number of hydrogen-bond acceptors (Lipinski definition) is 3. The molecular weight excluding hydrogens is 210 g/mol. The van der Waals surface area contributed by atoms with Crippen LogP contribution in [-0.4, -0.2) is 23.1 Å². The lowest BCUT2D eigenvalue weighted by Gasteiger charge is -2.08. The molecule has 5 heteroatoms. The molecule has 1 amide bonds. The van der Waals surface area contributed by atoms with Crippen molar-refractivity contribution < 1.29 is 19.4 Å². The quantitative estimate of drug-likeness (QED) is 0.723. The Bertz CT molecular complexity index is 549. The van der Waals surface area contributed by atoms with E-state index in [9.17, 15) is 9.59 Å². The molecule has 1 atom stereocenters. The molecule has 1 aliphatic rings. The first kappa shape index (κ1) is 10.4. The average Bonchev–Trinajstić information content (AvgIpc) is 2.39. The summed E-state index contributed by atoms with van der Waals surface area (Å²) in [6.07, 6.45) is -0.0469. The van der Waals surface area contributed by atoms with E-state index in [4.69, 9.17) is 9.84 Å². The largest absolute Gasteiger partial charge is 0.487 e. The highest BCUT2D eigenvalue weighted by Crippen LogP contribution is 2.03. The van der Waals surface area contributed by atoms with Crippen LogP contribution in [0.25, 0.3) is 6.26 Å². The Morgan fingerprint density at radius 2 is 2.19 bits per heavy atom. The summed E-state index contributed by atoms with van der Waals surface area (Å²) in [4.78, 5) is 25.9. The van der Waals surface area contributed by atoms with Gasteiger partial charge in [0.15, 0.2) is 6.10 Å². The molecule has 0 saturated heterocycles. The molecule has 1 aromatic rings. The Morgan fingerprint density at radius 3 is 2.94 bits per heavy atom. The van der Waals surface area contributed by atoms with Crippen molar-refractivity contribution in [1.29, 1.82) is 0 Å². The normalized spacial score (nSPS) is 18.5. The van der Waals surface area contributed by atoms with E-state index in [0.717, 1.165) is 0 Å². The van der Waals surface area contributed by atoms with Crippen LogP contribution in [0.2, 0.25) is 0 Å². The van der Waals surface area contributed by atoms with Gasteiger partial charge in [-0.2, -0.15) is 0 Å². The molecule has 5 nitrogen and oxygen atoms in total. The number of carbonyl (C=O) groups excluding carboxylic acids is 1. The number of benzene rings is 1. The van der Waals surface area contributed by atoms with Gasteiger partial charge in [0.05, 0.1) is 18.0 Å². The molecule has 1 aliphatic heterocycles. The zero-order valence-electron chi connectivity index (χ0n) is 8.29. The fraction of sp³-hybridized carbons (Fsp3) is 0.182. The maximum Gasteiger partial charge on any atom is 0.307 e. The van der Waals surface area contributed by atoms with Crippen LogP contribution in [0.4, 0.5) is 0 Å². The predicted octanol–water partition coefficient (Wildman–Crippen LogP) is -0.556. The number of para-hydroxylation sites is 1. The van der Waals surface area contributed by atoms with E-state index in [-0.39, 0.29) is 6.42 Å². The van der Waals surface area contributed by atoms with Crippen LogP contribution in [0.5, 0.6) is 0 Å². The van der Waals surface area contributed by atoms with Crippen molar-refractivity contribution in [2.75, 3.05) is 0 Å². The Morgan fingerprint density at radius 1 is 1.44 bits per heavy atom. The summed E-state index contributed by atoms with van der Waals surface area (Å²) < 4.78 is 5.10. The van der Waals surface area contributed by atoms with Crippen LogP contribution in [0.15, 0.2) is 29.3 Å². The number of carboxylic acid groups (broad SMARTS) is 1. The molecule has 0 saturated carbocycles. The van der Waals surface area contributed by atoms with E-state index in [1.807, 2.05) is 0 Å². The SMILES string of the molecule is O=C(O)CC1OC=c2ccccc2=NC1=O. The maximum absolute atomic E-state index is 11.5. The van der Waals surface area contributed by atoms with Gasteiger partial charge in [-0.1, -0.05) is 12.1 Å². The van der Waals surface area contributed by atoms with Crippen LogP contribution >= 0.6 is 0 Å². The van der Waals surface area contributed by atoms with Crippen molar-refractivity contribution >= 4 is 18.1 Å². The monoisotopic (exact) mass is 219 g/mol. The molecule has 1 N–H and O–H groups in total. The second kappa shape index (κ2) is 4.14. The van der Waals surface area contributed by atoms with Gasteiger partial charge in [0.25, 0.3) is 5.91 Å². The second-order valence-electron chi connectivity index (χ2n) is 3.35. The molecule has 1 aromatic carbocycles. The van der Waals surface area contributed by atoms with E-state index >= 15 is 0 Å². The van der Waals surface area contributed by atoms with E-state index in [2.05, 4.69) is 4.99 Å². The number of aliphatic carboxylic acids is 1. The zero-order chi connectivity index (χ0) is 11.5. The van der Waals surface area contributed by atoms with Crippen LogP contribution < -0.4 is 10.6 Å². The number of fused-ring (bicyclic) bond motifs is 1. The number of amides is 1. The third-order valence-corrected chi connectivity index (χ3v) is 2.16. The van der Waals surface area contributed by atoms with Crippen LogP contribution in [0.3, 0.4) is 0 Å². The smallest absolute Gasteiger partial charge is 0.307 e. The molecule has 1 unspecified atom stereocenters. The third-order valence-electron chi connectivity index (χ3n) is 2.16. The molecule has 0 aliphatic carbocycles. The summed E-state index contributed by atoms with van der Waals surface area (Å²) in [6.45, 7) is 0. The highest BCUT2D eigenvalue weighted by atomic mass is 16.5. The number of nitrogens with zero attached hydrogens (tertiary/aromatic N) is 1. The number of ether oxygens (including phenoxy) is 1. The first-order valence-electron chi connectivity index (χ1n) is 4.72. The molecule has 1 heterocycles. The van der Waals surface area contributed by atoms with Crippen molar-refractivity contribution in [1.82, 2.24) is 0 Å². The summed E-state index contributed by atoms with van der Waals surface area (Å²) >= 11 is 0. The van der Waals surface area contributed by atoms with Gasteiger partial charge in [-0.3, -0.25) is 9.59 Å². The number of carboxylic acids is 1. The van der Waals surface area contributed by atoms with Gasteiger partial charge in [0, 0.05) is 5.22 Å². The zero-order valence-corrected chi connectivity index (χ0v) is 8.29. The minimum Gasteiger partial charge on any atom is -0.487 e.